The van der Waals surface area contributed by atoms with Gasteiger partial charge < -0.3 is 4.52 Å². The lowest BCUT2D eigenvalue weighted by Gasteiger charge is -1.95. The molecular weight excluding hydrogens is 368 g/mol. The van der Waals surface area contributed by atoms with Gasteiger partial charge in [0.05, 0.1) is 6.20 Å². The van der Waals surface area contributed by atoms with E-state index >= 15 is 0 Å². The van der Waals surface area contributed by atoms with E-state index in [2.05, 4.69) is 31.4 Å². The largest absolute Gasteiger partial charge is 0.359 e. The van der Waals surface area contributed by atoms with Crippen LogP contribution in [0.1, 0.15) is 5.76 Å². The van der Waals surface area contributed by atoms with Gasteiger partial charge in [-0.3, -0.25) is 0 Å². The third kappa shape index (κ3) is 3.14. The molecule has 0 saturated heterocycles. The fraction of sp³-hybridized carbons (Fsp3) is 0.0556. The van der Waals surface area contributed by atoms with E-state index in [4.69, 9.17) is 4.52 Å². The highest BCUT2D eigenvalue weighted by Gasteiger charge is 2.09. The van der Waals surface area contributed by atoms with Crippen molar-refractivity contribution in [2.75, 3.05) is 0 Å². The Morgan fingerprint density at radius 2 is 1.67 bits per heavy atom. The number of benzene rings is 2. The topological polar surface area (TPSA) is 56.7 Å². The molecule has 0 bridgehead atoms. The Bertz CT molecular complexity index is 945. The van der Waals surface area contributed by atoms with Crippen LogP contribution in [-0.2, 0) is 6.54 Å². The molecule has 118 valence electrons. The van der Waals surface area contributed by atoms with Crippen molar-refractivity contribution in [3.8, 4) is 22.5 Å². The van der Waals surface area contributed by atoms with Gasteiger partial charge in [-0.15, -0.1) is 5.10 Å². The van der Waals surface area contributed by atoms with Crippen LogP contribution in [0.2, 0.25) is 0 Å². The zero-order chi connectivity index (χ0) is 16.4. The molecule has 4 aromatic rings. The highest BCUT2D eigenvalue weighted by Crippen LogP contribution is 2.22. The van der Waals surface area contributed by atoms with E-state index < -0.39 is 0 Å². The lowest BCUT2D eigenvalue weighted by atomic mass is 10.1. The van der Waals surface area contributed by atoms with E-state index in [1.807, 2.05) is 66.9 Å². The van der Waals surface area contributed by atoms with Gasteiger partial charge in [-0.1, -0.05) is 68.8 Å². The SMILES string of the molecule is Brc1ccc(-c2cc(Cn3cc(-c4ccccc4)nn3)on2)cc1. The molecule has 2 aromatic carbocycles. The van der Waals surface area contributed by atoms with E-state index in [1.165, 1.54) is 0 Å². The Balaban J connectivity index is 1.52. The monoisotopic (exact) mass is 380 g/mol. The molecule has 0 spiro atoms. The average molecular weight is 381 g/mol. The first-order valence-electron chi connectivity index (χ1n) is 7.45. The van der Waals surface area contributed by atoms with Crippen LogP contribution in [0.3, 0.4) is 0 Å². The van der Waals surface area contributed by atoms with Crippen molar-refractivity contribution in [1.82, 2.24) is 20.2 Å². The summed E-state index contributed by atoms with van der Waals surface area (Å²) in [6.45, 7) is 0.489. The predicted octanol–water partition coefficient (Wildman–Crippen LogP) is 4.41. The fourth-order valence-corrected chi connectivity index (χ4v) is 2.69. The lowest BCUT2D eigenvalue weighted by Crippen LogP contribution is -1.98. The van der Waals surface area contributed by atoms with Gasteiger partial charge in [0.25, 0.3) is 0 Å². The minimum absolute atomic E-state index is 0.489. The van der Waals surface area contributed by atoms with Gasteiger partial charge in [-0.2, -0.15) is 0 Å². The van der Waals surface area contributed by atoms with Gasteiger partial charge in [0, 0.05) is 21.7 Å². The van der Waals surface area contributed by atoms with Gasteiger partial charge in [0.2, 0.25) is 0 Å². The standard InChI is InChI=1S/C18H13BrN4O/c19-15-8-6-14(7-9-15)17-10-16(24-21-17)11-23-12-18(20-22-23)13-4-2-1-3-5-13/h1-10,12H,11H2. The summed E-state index contributed by atoms with van der Waals surface area (Å²) in [7, 11) is 0. The van der Waals surface area contributed by atoms with Crippen LogP contribution in [0.25, 0.3) is 22.5 Å². The minimum atomic E-state index is 0.489. The molecule has 0 atom stereocenters. The van der Waals surface area contributed by atoms with E-state index in [0.717, 1.165) is 32.7 Å². The van der Waals surface area contributed by atoms with Gasteiger partial charge in [0.15, 0.2) is 5.76 Å². The van der Waals surface area contributed by atoms with Crippen molar-refractivity contribution in [2.45, 2.75) is 6.54 Å². The first-order valence-corrected chi connectivity index (χ1v) is 8.24. The summed E-state index contributed by atoms with van der Waals surface area (Å²) in [5, 5.41) is 12.5. The maximum atomic E-state index is 5.42. The van der Waals surface area contributed by atoms with Crippen LogP contribution < -0.4 is 0 Å². The molecule has 24 heavy (non-hydrogen) atoms. The Labute approximate surface area is 147 Å². The molecule has 0 aliphatic carbocycles. The lowest BCUT2D eigenvalue weighted by molar-refractivity contribution is 0.372. The number of hydrogen-bond acceptors (Lipinski definition) is 4. The molecule has 4 rings (SSSR count). The number of rotatable bonds is 4. The smallest absolute Gasteiger partial charge is 0.158 e. The van der Waals surface area contributed by atoms with Crippen molar-refractivity contribution >= 4 is 15.9 Å². The molecule has 0 unspecified atom stereocenters. The van der Waals surface area contributed by atoms with Crippen LogP contribution in [0.5, 0.6) is 0 Å². The summed E-state index contributed by atoms with van der Waals surface area (Å²) in [5.41, 5.74) is 3.69. The zero-order valence-electron chi connectivity index (χ0n) is 12.6. The van der Waals surface area contributed by atoms with Crippen molar-refractivity contribution in [3.63, 3.8) is 0 Å². The van der Waals surface area contributed by atoms with Gasteiger partial charge >= 0.3 is 0 Å². The van der Waals surface area contributed by atoms with Crippen molar-refractivity contribution < 1.29 is 4.52 Å². The van der Waals surface area contributed by atoms with Crippen molar-refractivity contribution in [3.05, 3.63) is 77.1 Å². The van der Waals surface area contributed by atoms with Gasteiger partial charge in [-0.05, 0) is 12.1 Å². The summed E-state index contributed by atoms with van der Waals surface area (Å²) in [6.07, 6.45) is 1.90. The maximum Gasteiger partial charge on any atom is 0.158 e. The normalized spacial score (nSPS) is 10.9. The Kier molecular flexibility index (Phi) is 3.96. The quantitative estimate of drug-likeness (QED) is 0.526. The van der Waals surface area contributed by atoms with Crippen LogP contribution in [0.15, 0.2) is 75.9 Å². The summed E-state index contributed by atoms with van der Waals surface area (Å²) < 4.78 is 8.20. The van der Waals surface area contributed by atoms with Crippen LogP contribution in [0, 0.1) is 0 Å². The molecule has 0 aliphatic rings. The third-order valence-electron chi connectivity index (χ3n) is 3.62. The van der Waals surface area contributed by atoms with Crippen molar-refractivity contribution in [2.24, 2.45) is 0 Å². The molecule has 6 heteroatoms. The molecule has 0 aliphatic heterocycles. The molecular formula is C18H13BrN4O. The van der Waals surface area contributed by atoms with E-state index in [-0.39, 0.29) is 0 Å². The van der Waals surface area contributed by atoms with Crippen molar-refractivity contribution in [1.29, 1.82) is 0 Å². The Morgan fingerprint density at radius 1 is 0.917 bits per heavy atom. The highest BCUT2D eigenvalue weighted by molar-refractivity contribution is 9.10. The highest BCUT2D eigenvalue weighted by atomic mass is 79.9. The Hall–Kier alpha value is -2.73. The molecule has 0 amide bonds. The summed E-state index contributed by atoms with van der Waals surface area (Å²) in [4.78, 5) is 0. The molecule has 2 aromatic heterocycles. The second-order valence-electron chi connectivity index (χ2n) is 5.35. The molecule has 0 radical (unpaired) electrons. The zero-order valence-corrected chi connectivity index (χ0v) is 14.2. The van der Waals surface area contributed by atoms with Crippen LogP contribution in [-0.4, -0.2) is 20.2 Å². The molecule has 5 nitrogen and oxygen atoms in total. The molecule has 0 saturated carbocycles. The van der Waals surface area contributed by atoms with Crippen LogP contribution in [0.4, 0.5) is 0 Å². The fourth-order valence-electron chi connectivity index (χ4n) is 2.42. The Morgan fingerprint density at radius 3 is 2.46 bits per heavy atom. The van der Waals surface area contributed by atoms with Gasteiger partial charge in [-0.25, -0.2) is 4.68 Å². The van der Waals surface area contributed by atoms with E-state index in [9.17, 15) is 0 Å². The predicted molar refractivity (Wildman–Crippen MR) is 94.2 cm³/mol. The van der Waals surface area contributed by atoms with E-state index in [0.29, 0.717) is 6.54 Å². The second kappa shape index (κ2) is 6.41. The van der Waals surface area contributed by atoms with Gasteiger partial charge in [0.1, 0.15) is 17.9 Å². The number of nitrogens with zero attached hydrogens (tertiary/aromatic N) is 4. The number of halogens is 1. The summed E-state index contributed by atoms with van der Waals surface area (Å²) in [6, 6.07) is 19.8. The third-order valence-corrected chi connectivity index (χ3v) is 4.15. The molecule has 2 heterocycles. The number of aromatic nitrogens is 4. The summed E-state index contributed by atoms with van der Waals surface area (Å²) in [5.74, 6) is 0.734. The van der Waals surface area contributed by atoms with Crippen LogP contribution >= 0.6 is 15.9 Å². The second-order valence-corrected chi connectivity index (χ2v) is 6.27. The number of hydrogen-bond donors (Lipinski definition) is 0. The maximum absolute atomic E-state index is 5.42. The first-order chi connectivity index (χ1) is 11.8. The first kappa shape index (κ1) is 14.8. The molecule has 0 N–H and O–H groups in total. The molecule has 0 fully saturated rings. The minimum Gasteiger partial charge on any atom is -0.359 e. The van der Waals surface area contributed by atoms with E-state index in [1.54, 1.807) is 4.68 Å². The summed E-state index contributed by atoms with van der Waals surface area (Å²) >= 11 is 3.43. The average Bonchev–Trinajstić information content (AvgIpc) is 3.27.